The highest BCUT2D eigenvalue weighted by Gasteiger charge is 2.28. The summed E-state index contributed by atoms with van der Waals surface area (Å²) in [7, 11) is 0. The fourth-order valence-electron chi connectivity index (χ4n) is 5.10. The Labute approximate surface area is 239 Å². The number of nitrogens with zero attached hydrogens (tertiary/aromatic N) is 2. The highest BCUT2D eigenvalue weighted by Crippen LogP contribution is 2.29. The van der Waals surface area contributed by atoms with Gasteiger partial charge < -0.3 is 14.6 Å². The molecule has 0 amide bonds. The molecular formula is C32H25ClF2N2O4. The lowest BCUT2D eigenvalue weighted by atomic mass is 9.92. The maximum absolute atomic E-state index is 15.4. The summed E-state index contributed by atoms with van der Waals surface area (Å²) in [6, 6.07) is 19.0. The van der Waals surface area contributed by atoms with Gasteiger partial charge in [0.1, 0.15) is 18.2 Å². The molecule has 0 saturated carbocycles. The van der Waals surface area contributed by atoms with E-state index in [1.807, 2.05) is 0 Å². The molecule has 1 N–H and O–H groups in total. The Balaban J connectivity index is 1.21. The van der Waals surface area contributed by atoms with Crippen LogP contribution in [-0.4, -0.2) is 34.8 Å². The molecule has 0 bridgehead atoms. The molecule has 9 heteroatoms. The van der Waals surface area contributed by atoms with Gasteiger partial charge in [0, 0.05) is 40.5 Å². The zero-order valence-corrected chi connectivity index (χ0v) is 22.6. The largest absolute Gasteiger partial charge is 0.478 e. The maximum Gasteiger partial charge on any atom is 0.335 e. The van der Waals surface area contributed by atoms with Crippen LogP contribution in [0, 0.1) is 11.6 Å². The van der Waals surface area contributed by atoms with E-state index in [2.05, 4.69) is 4.98 Å². The Bertz CT molecular complexity index is 1770. The van der Waals surface area contributed by atoms with Crippen molar-refractivity contribution in [3.05, 3.63) is 117 Å². The second-order valence-corrected chi connectivity index (χ2v) is 10.5. The Morgan fingerprint density at radius 3 is 2.54 bits per heavy atom. The molecule has 2 aliphatic heterocycles. The van der Waals surface area contributed by atoms with Crippen molar-refractivity contribution in [3.8, 4) is 17.1 Å². The van der Waals surface area contributed by atoms with E-state index >= 15 is 4.39 Å². The fourth-order valence-corrected chi connectivity index (χ4v) is 5.26. The quantitative estimate of drug-likeness (QED) is 0.284. The van der Waals surface area contributed by atoms with Gasteiger partial charge in [-0.2, -0.15) is 0 Å². The highest BCUT2D eigenvalue weighted by atomic mass is 35.5. The molecule has 1 aromatic heterocycles. The molecule has 3 aromatic carbocycles. The highest BCUT2D eigenvalue weighted by molar-refractivity contribution is 6.30. The number of rotatable bonds is 9. The summed E-state index contributed by atoms with van der Waals surface area (Å²) < 4.78 is 40.9. The molecule has 0 spiro atoms. The number of aromatic nitrogens is 1. The third kappa shape index (κ3) is 5.85. The van der Waals surface area contributed by atoms with Gasteiger partial charge in [0.15, 0.2) is 0 Å². The Morgan fingerprint density at radius 1 is 1.00 bits per heavy atom. The van der Waals surface area contributed by atoms with E-state index in [4.69, 9.17) is 26.1 Å². The van der Waals surface area contributed by atoms with Crippen LogP contribution in [-0.2, 0) is 17.8 Å². The first-order chi connectivity index (χ1) is 19.8. The minimum atomic E-state index is -1.00. The number of hydrogen-bond acceptors (Lipinski definition) is 5. The molecule has 1 saturated heterocycles. The number of halogens is 3. The molecule has 0 aliphatic carbocycles. The van der Waals surface area contributed by atoms with Crippen LogP contribution in [0.3, 0.4) is 0 Å². The van der Waals surface area contributed by atoms with Crippen LogP contribution in [0.1, 0.15) is 34.3 Å². The second kappa shape index (κ2) is 11.4. The van der Waals surface area contributed by atoms with Crippen molar-refractivity contribution in [1.29, 1.82) is 0 Å². The number of hydrogen-bond donors (Lipinski definition) is 1. The van der Waals surface area contributed by atoms with Crippen molar-refractivity contribution in [3.63, 3.8) is 0 Å². The molecule has 2 aliphatic rings. The number of carbonyl (C=O) groups is 1. The molecule has 208 valence electrons. The first kappa shape index (κ1) is 27.1. The van der Waals surface area contributed by atoms with Gasteiger partial charge >= 0.3 is 5.97 Å². The Hall–Kier alpha value is -4.14. The van der Waals surface area contributed by atoms with Crippen LogP contribution >= 0.6 is 11.6 Å². The van der Waals surface area contributed by atoms with Crippen LogP contribution in [0.4, 0.5) is 8.78 Å². The SMILES string of the molecule is O=C(O)c1ccc2c(c1)=C(CC1CCO1)C(Cc1ccc(-c3cccc(OCc4ccc(Cl)cc4F)n3)cc1F)N=2. The summed E-state index contributed by atoms with van der Waals surface area (Å²) in [6.45, 7) is 0.675. The lowest BCUT2D eigenvalue weighted by Crippen LogP contribution is -2.31. The van der Waals surface area contributed by atoms with Gasteiger partial charge in [0.2, 0.25) is 5.88 Å². The smallest absolute Gasteiger partial charge is 0.335 e. The van der Waals surface area contributed by atoms with Crippen molar-refractivity contribution in [2.75, 3.05) is 6.61 Å². The van der Waals surface area contributed by atoms with Gasteiger partial charge in [0.25, 0.3) is 0 Å². The summed E-state index contributed by atoms with van der Waals surface area (Å²) in [5, 5.41) is 11.3. The van der Waals surface area contributed by atoms with E-state index in [1.54, 1.807) is 54.6 Å². The summed E-state index contributed by atoms with van der Waals surface area (Å²) in [6.07, 6.45) is 1.94. The predicted octanol–water partition coefficient (Wildman–Crippen LogP) is 5.53. The number of fused-ring (bicyclic) bond motifs is 1. The van der Waals surface area contributed by atoms with E-state index < -0.39 is 17.6 Å². The van der Waals surface area contributed by atoms with Gasteiger partial charge in [0.05, 0.1) is 28.8 Å². The summed E-state index contributed by atoms with van der Waals surface area (Å²) >= 11 is 5.81. The van der Waals surface area contributed by atoms with E-state index in [0.717, 1.165) is 17.2 Å². The van der Waals surface area contributed by atoms with Gasteiger partial charge in [-0.05, 0) is 66.4 Å². The summed E-state index contributed by atoms with van der Waals surface area (Å²) in [5.41, 5.74) is 3.08. The third-order valence-corrected chi connectivity index (χ3v) is 7.64. The minimum absolute atomic E-state index is 0.0290. The number of pyridine rings is 1. The fraction of sp³-hybridized carbons (Fsp3) is 0.219. The Morgan fingerprint density at radius 2 is 1.80 bits per heavy atom. The average Bonchev–Trinajstić information content (AvgIpc) is 3.27. The number of carboxylic acid groups (broad SMARTS) is 1. The molecule has 6 rings (SSSR count). The molecule has 41 heavy (non-hydrogen) atoms. The van der Waals surface area contributed by atoms with Crippen LogP contribution in [0.5, 0.6) is 5.88 Å². The van der Waals surface area contributed by atoms with Crippen molar-refractivity contribution in [1.82, 2.24) is 4.98 Å². The molecule has 3 heterocycles. The third-order valence-electron chi connectivity index (χ3n) is 7.40. The average molecular weight is 575 g/mol. The standard InChI is InChI=1S/C32H25ClF2N2O4/c33-22-8-6-21(27(35)15-22)17-41-31-3-1-2-28(37-31)19-5-4-18(26(34)13-19)14-30-25(16-23-10-11-40-23)24-12-20(32(38)39)7-9-29(24)36-30/h1-9,12-13,15,23,30H,10-11,14,16-17H2,(H,38,39). The lowest BCUT2D eigenvalue weighted by molar-refractivity contribution is -0.0467. The van der Waals surface area contributed by atoms with E-state index in [0.29, 0.717) is 52.2 Å². The van der Waals surface area contributed by atoms with Gasteiger partial charge in [-0.15, -0.1) is 0 Å². The van der Waals surface area contributed by atoms with Gasteiger partial charge in [-0.3, -0.25) is 4.99 Å². The van der Waals surface area contributed by atoms with Crippen LogP contribution in [0.2, 0.25) is 5.02 Å². The van der Waals surface area contributed by atoms with Crippen molar-refractivity contribution < 1.29 is 28.2 Å². The van der Waals surface area contributed by atoms with Crippen LogP contribution < -0.4 is 15.3 Å². The molecule has 6 nitrogen and oxygen atoms in total. The number of carboxylic acids is 1. The van der Waals surface area contributed by atoms with E-state index in [1.165, 1.54) is 18.2 Å². The first-order valence-corrected chi connectivity index (χ1v) is 13.6. The topological polar surface area (TPSA) is 81.0 Å². The second-order valence-electron chi connectivity index (χ2n) is 10.1. The first-order valence-electron chi connectivity index (χ1n) is 13.2. The van der Waals surface area contributed by atoms with E-state index in [-0.39, 0.29) is 30.2 Å². The maximum atomic E-state index is 15.4. The van der Waals surface area contributed by atoms with Crippen LogP contribution in [0.25, 0.3) is 16.8 Å². The van der Waals surface area contributed by atoms with Crippen LogP contribution in [0.15, 0.2) is 77.8 Å². The Kier molecular flexibility index (Phi) is 7.51. The zero-order valence-electron chi connectivity index (χ0n) is 21.8. The number of benzene rings is 3. The summed E-state index contributed by atoms with van der Waals surface area (Å²) in [4.78, 5) is 20.8. The van der Waals surface area contributed by atoms with Crippen molar-refractivity contribution in [2.24, 2.45) is 4.99 Å². The minimum Gasteiger partial charge on any atom is -0.478 e. The lowest BCUT2D eigenvalue weighted by Gasteiger charge is -2.28. The molecular weight excluding hydrogens is 550 g/mol. The molecule has 4 aromatic rings. The summed E-state index contributed by atoms with van der Waals surface area (Å²) in [5.74, 6) is -1.58. The van der Waals surface area contributed by atoms with E-state index in [9.17, 15) is 14.3 Å². The number of aromatic carboxylic acids is 1. The molecule has 2 unspecified atom stereocenters. The van der Waals surface area contributed by atoms with Gasteiger partial charge in [-0.1, -0.05) is 35.9 Å². The molecule has 2 atom stereocenters. The van der Waals surface area contributed by atoms with Crippen molar-refractivity contribution in [2.45, 2.75) is 38.0 Å². The number of ether oxygens (including phenoxy) is 2. The zero-order chi connectivity index (χ0) is 28.5. The molecule has 1 fully saturated rings. The monoisotopic (exact) mass is 574 g/mol. The normalized spacial score (nSPS) is 17.5. The van der Waals surface area contributed by atoms with Crippen molar-refractivity contribution >= 4 is 23.1 Å². The predicted molar refractivity (Wildman–Crippen MR) is 149 cm³/mol. The van der Waals surface area contributed by atoms with Gasteiger partial charge in [-0.25, -0.2) is 18.6 Å². The molecule has 0 radical (unpaired) electrons.